The molecule has 0 aliphatic carbocycles. The van der Waals surface area contributed by atoms with Crippen LogP contribution in [0.1, 0.15) is 0 Å². The molecule has 0 bridgehead atoms. The lowest BCUT2D eigenvalue weighted by Gasteiger charge is -2.10. The number of aromatic nitrogens is 2. The Kier molecular flexibility index (Phi) is 5.66. The summed E-state index contributed by atoms with van der Waals surface area (Å²) < 4.78 is 10.8. The van der Waals surface area contributed by atoms with Crippen LogP contribution in [0.2, 0.25) is 0 Å². The van der Waals surface area contributed by atoms with Gasteiger partial charge >= 0.3 is 0 Å². The van der Waals surface area contributed by atoms with Crippen LogP contribution in [0.5, 0.6) is 11.5 Å². The fraction of sp³-hybridized carbons (Fsp3) is 0.158. The lowest BCUT2D eigenvalue weighted by atomic mass is 10.3. The fourth-order valence-corrected chi connectivity index (χ4v) is 2.21. The van der Waals surface area contributed by atoms with Crippen LogP contribution in [-0.4, -0.2) is 30.2 Å². The molecule has 3 aromatic rings. The monoisotopic (exact) mass is 336 g/mol. The van der Waals surface area contributed by atoms with Gasteiger partial charge in [-0.2, -0.15) is 0 Å². The highest BCUT2D eigenvalue weighted by molar-refractivity contribution is 5.58. The Labute approximate surface area is 146 Å². The summed E-state index contributed by atoms with van der Waals surface area (Å²) in [6, 6.07) is 19.2. The Bertz CT molecular complexity index is 779. The number of nitrogens with zero attached hydrogens (tertiary/aromatic N) is 2. The van der Waals surface area contributed by atoms with Gasteiger partial charge in [0, 0.05) is 11.8 Å². The minimum absolute atomic E-state index is 0.526. The van der Waals surface area contributed by atoms with E-state index in [2.05, 4.69) is 20.6 Å². The van der Waals surface area contributed by atoms with E-state index in [1.54, 1.807) is 7.11 Å². The van der Waals surface area contributed by atoms with Crippen LogP contribution < -0.4 is 20.1 Å². The Balaban J connectivity index is 1.47. The third-order valence-electron chi connectivity index (χ3n) is 3.45. The zero-order valence-corrected chi connectivity index (χ0v) is 14.0. The molecule has 0 amide bonds. The third-order valence-corrected chi connectivity index (χ3v) is 3.45. The maximum Gasteiger partial charge on any atom is 0.135 e. The van der Waals surface area contributed by atoms with E-state index >= 15 is 0 Å². The first kappa shape index (κ1) is 16.6. The number of nitrogens with one attached hydrogen (secondary N) is 2. The first-order chi connectivity index (χ1) is 12.3. The summed E-state index contributed by atoms with van der Waals surface area (Å²) >= 11 is 0. The lowest BCUT2D eigenvalue weighted by Crippen LogP contribution is -2.12. The van der Waals surface area contributed by atoms with Crippen molar-refractivity contribution in [3.63, 3.8) is 0 Å². The summed E-state index contributed by atoms with van der Waals surface area (Å²) in [5.41, 5.74) is 0.981. The highest BCUT2D eigenvalue weighted by Crippen LogP contribution is 2.17. The quantitative estimate of drug-likeness (QED) is 0.611. The molecule has 0 atom stereocenters. The van der Waals surface area contributed by atoms with Crippen LogP contribution in [0.25, 0.3) is 0 Å². The van der Waals surface area contributed by atoms with Crippen LogP contribution in [0, 0.1) is 0 Å². The number of anilines is 3. The normalized spacial score (nSPS) is 10.1. The highest BCUT2D eigenvalue weighted by atomic mass is 16.5. The van der Waals surface area contributed by atoms with Gasteiger partial charge in [-0.25, -0.2) is 9.97 Å². The highest BCUT2D eigenvalue weighted by Gasteiger charge is 2.00. The summed E-state index contributed by atoms with van der Waals surface area (Å²) in [6.07, 6.45) is 1.53. The van der Waals surface area contributed by atoms with Gasteiger partial charge in [0.2, 0.25) is 0 Å². The molecule has 1 heterocycles. The smallest absolute Gasteiger partial charge is 0.135 e. The maximum absolute atomic E-state index is 5.68. The first-order valence-electron chi connectivity index (χ1n) is 7.98. The molecule has 0 fully saturated rings. The minimum Gasteiger partial charge on any atom is -0.497 e. The predicted octanol–water partition coefficient (Wildman–Crippen LogP) is 3.72. The van der Waals surface area contributed by atoms with Gasteiger partial charge in [-0.15, -0.1) is 0 Å². The van der Waals surface area contributed by atoms with E-state index in [1.807, 2.05) is 60.7 Å². The third kappa shape index (κ3) is 5.10. The number of hydrogen-bond donors (Lipinski definition) is 2. The van der Waals surface area contributed by atoms with Crippen LogP contribution in [0.4, 0.5) is 17.3 Å². The van der Waals surface area contributed by atoms with E-state index in [0.29, 0.717) is 13.2 Å². The second kappa shape index (κ2) is 8.54. The number of rotatable bonds is 8. The summed E-state index contributed by atoms with van der Waals surface area (Å²) in [5, 5.41) is 6.46. The van der Waals surface area contributed by atoms with Crippen molar-refractivity contribution in [1.82, 2.24) is 9.97 Å². The van der Waals surface area contributed by atoms with E-state index in [9.17, 15) is 0 Å². The summed E-state index contributed by atoms with van der Waals surface area (Å²) in [7, 11) is 1.64. The van der Waals surface area contributed by atoms with Crippen molar-refractivity contribution >= 4 is 17.3 Å². The van der Waals surface area contributed by atoms with Crippen LogP contribution in [-0.2, 0) is 0 Å². The zero-order chi connectivity index (χ0) is 17.3. The largest absolute Gasteiger partial charge is 0.497 e. The number of methoxy groups -OCH3 is 1. The molecule has 3 rings (SSSR count). The second-order valence-electron chi connectivity index (χ2n) is 5.23. The summed E-state index contributed by atoms with van der Waals surface area (Å²) in [6.45, 7) is 1.16. The molecule has 0 radical (unpaired) electrons. The molecule has 25 heavy (non-hydrogen) atoms. The van der Waals surface area contributed by atoms with E-state index in [-0.39, 0.29) is 0 Å². The topological polar surface area (TPSA) is 68.3 Å². The standard InChI is InChI=1S/C19H20N4O2/c1-24-16-7-9-17(10-8-16)25-12-11-20-18-13-19(22-14-21-18)23-15-5-3-2-4-6-15/h2-10,13-14H,11-12H2,1H3,(H2,20,21,22,23). The zero-order valence-electron chi connectivity index (χ0n) is 14.0. The van der Waals surface area contributed by atoms with Crippen molar-refractivity contribution in [2.45, 2.75) is 0 Å². The minimum atomic E-state index is 0.526. The van der Waals surface area contributed by atoms with Crippen molar-refractivity contribution in [1.29, 1.82) is 0 Å². The molecular formula is C19H20N4O2. The molecule has 1 aromatic heterocycles. The molecule has 0 saturated carbocycles. The fourth-order valence-electron chi connectivity index (χ4n) is 2.21. The van der Waals surface area contributed by atoms with Gasteiger partial charge in [0.25, 0.3) is 0 Å². The van der Waals surface area contributed by atoms with Crippen molar-refractivity contribution in [3.05, 3.63) is 67.0 Å². The molecule has 6 heteroatoms. The molecule has 128 valence electrons. The Morgan fingerprint density at radius 3 is 2.36 bits per heavy atom. The van der Waals surface area contributed by atoms with Crippen LogP contribution in [0.15, 0.2) is 67.0 Å². The van der Waals surface area contributed by atoms with Gasteiger partial charge < -0.3 is 20.1 Å². The number of ether oxygens (including phenoxy) is 2. The van der Waals surface area contributed by atoms with E-state index < -0.39 is 0 Å². The molecular weight excluding hydrogens is 316 g/mol. The van der Waals surface area contributed by atoms with Crippen molar-refractivity contribution < 1.29 is 9.47 Å². The average Bonchev–Trinajstić information content (AvgIpc) is 2.67. The van der Waals surface area contributed by atoms with Gasteiger partial charge in [-0.1, -0.05) is 18.2 Å². The Morgan fingerprint density at radius 2 is 1.60 bits per heavy atom. The molecule has 0 unspecified atom stereocenters. The SMILES string of the molecule is COc1ccc(OCCNc2cc(Nc3ccccc3)ncn2)cc1. The number of hydrogen-bond acceptors (Lipinski definition) is 6. The van der Waals surface area contributed by atoms with Crippen molar-refractivity contribution in [3.8, 4) is 11.5 Å². The van der Waals surface area contributed by atoms with Gasteiger partial charge in [0.05, 0.1) is 13.7 Å². The Hall–Kier alpha value is -3.28. The number of benzene rings is 2. The summed E-state index contributed by atoms with van der Waals surface area (Å²) in [5.74, 6) is 3.09. The van der Waals surface area contributed by atoms with Gasteiger partial charge in [-0.3, -0.25) is 0 Å². The Morgan fingerprint density at radius 1 is 0.880 bits per heavy atom. The molecule has 0 spiro atoms. The van der Waals surface area contributed by atoms with Gasteiger partial charge in [0.15, 0.2) is 0 Å². The predicted molar refractivity (Wildman–Crippen MR) is 98.7 cm³/mol. The molecule has 2 aromatic carbocycles. The van der Waals surface area contributed by atoms with Crippen LogP contribution in [0.3, 0.4) is 0 Å². The number of para-hydroxylation sites is 1. The van der Waals surface area contributed by atoms with E-state index in [4.69, 9.17) is 9.47 Å². The van der Waals surface area contributed by atoms with E-state index in [0.717, 1.165) is 28.8 Å². The maximum atomic E-state index is 5.68. The van der Waals surface area contributed by atoms with E-state index in [1.165, 1.54) is 6.33 Å². The molecule has 0 aliphatic rings. The molecule has 0 saturated heterocycles. The lowest BCUT2D eigenvalue weighted by molar-refractivity contribution is 0.331. The molecule has 0 aliphatic heterocycles. The van der Waals surface area contributed by atoms with Gasteiger partial charge in [-0.05, 0) is 36.4 Å². The van der Waals surface area contributed by atoms with Crippen LogP contribution >= 0.6 is 0 Å². The average molecular weight is 336 g/mol. The molecule has 6 nitrogen and oxygen atoms in total. The first-order valence-corrected chi connectivity index (χ1v) is 7.98. The van der Waals surface area contributed by atoms with Crippen molar-refractivity contribution in [2.75, 3.05) is 30.9 Å². The molecule has 2 N–H and O–H groups in total. The van der Waals surface area contributed by atoms with Gasteiger partial charge in [0.1, 0.15) is 36.1 Å². The second-order valence-corrected chi connectivity index (χ2v) is 5.23. The van der Waals surface area contributed by atoms with Crippen molar-refractivity contribution in [2.24, 2.45) is 0 Å². The summed E-state index contributed by atoms with van der Waals surface area (Å²) in [4.78, 5) is 8.44.